The van der Waals surface area contributed by atoms with Gasteiger partial charge in [-0.25, -0.2) is 9.97 Å². The predicted molar refractivity (Wildman–Crippen MR) is 132 cm³/mol. The third-order valence-electron chi connectivity index (χ3n) is 4.79. The molecule has 166 valence electrons. The van der Waals surface area contributed by atoms with Crippen molar-refractivity contribution in [2.45, 2.75) is 6.54 Å². The largest absolute Gasteiger partial charge is 0.464 e. The summed E-state index contributed by atoms with van der Waals surface area (Å²) in [6, 6.07) is 15.0. The van der Waals surface area contributed by atoms with Crippen molar-refractivity contribution in [3.63, 3.8) is 0 Å². The summed E-state index contributed by atoms with van der Waals surface area (Å²) in [4.78, 5) is 8.72. The number of rotatable bonds is 6. The van der Waals surface area contributed by atoms with Crippen LogP contribution in [0.15, 0.2) is 71.7 Å². The monoisotopic (exact) mass is 491 g/mol. The van der Waals surface area contributed by atoms with Crippen LogP contribution < -0.4 is 15.8 Å². The van der Waals surface area contributed by atoms with Gasteiger partial charge in [0.25, 0.3) is 0 Å². The summed E-state index contributed by atoms with van der Waals surface area (Å²) in [6.45, 7) is 1.21. The molecule has 2 aromatic carbocycles. The molecule has 0 fully saturated rings. The minimum absolute atomic E-state index is 0. The van der Waals surface area contributed by atoms with Crippen LogP contribution in [0, 0.1) is 0 Å². The van der Waals surface area contributed by atoms with Crippen molar-refractivity contribution in [2.24, 2.45) is 5.73 Å². The fourth-order valence-electron chi connectivity index (χ4n) is 3.42. The van der Waals surface area contributed by atoms with E-state index < -0.39 is 0 Å². The Bertz CT molecular complexity index is 1350. The van der Waals surface area contributed by atoms with Crippen LogP contribution in [0.4, 0.5) is 11.5 Å². The lowest BCUT2D eigenvalue weighted by atomic mass is 10.2. The summed E-state index contributed by atoms with van der Waals surface area (Å²) in [5.74, 6) is 1.92. The third kappa shape index (κ3) is 4.47. The molecule has 3 aromatic heterocycles. The van der Waals surface area contributed by atoms with Gasteiger partial charge in [-0.1, -0.05) is 17.7 Å². The fraction of sp³-hybridized carbons (Fsp3) is 0.0909. The maximum Gasteiger partial charge on any atom is 0.158 e. The van der Waals surface area contributed by atoms with Crippen molar-refractivity contribution in [1.82, 2.24) is 14.5 Å². The second kappa shape index (κ2) is 10.1. The highest BCUT2D eigenvalue weighted by Gasteiger charge is 2.12. The second-order valence-electron chi connectivity index (χ2n) is 6.71. The van der Waals surface area contributed by atoms with Gasteiger partial charge in [0, 0.05) is 25.0 Å². The number of anilines is 2. The zero-order chi connectivity index (χ0) is 20.5. The predicted octanol–water partition coefficient (Wildman–Crippen LogP) is 6.17. The summed E-state index contributed by atoms with van der Waals surface area (Å²) in [5, 5.41) is 4.69. The Morgan fingerprint density at radius 3 is 2.75 bits per heavy atom. The quantitative estimate of drug-likeness (QED) is 0.294. The second-order valence-corrected chi connectivity index (χ2v) is 7.12. The van der Waals surface area contributed by atoms with Gasteiger partial charge in [0.15, 0.2) is 5.82 Å². The molecule has 0 aliphatic rings. The van der Waals surface area contributed by atoms with Crippen LogP contribution in [0.2, 0.25) is 5.02 Å². The molecule has 0 bridgehead atoms. The van der Waals surface area contributed by atoms with Gasteiger partial charge in [0.05, 0.1) is 22.2 Å². The van der Waals surface area contributed by atoms with Crippen molar-refractivity contribution in [1.29, 1.82) is 0 Å². The van der Waals surface area contributed by atoms with Crippen LogP contribution in [0.5, 0.6) is 11.5 Å². The van der Waals surface area contributed by atoms with Crippen molar-refractivity contribution >= 4 is 69.9 Å². The van der Waals surface area contributed by atoms with Crippen LogP contribution in [0.25, 0.3) is 22.0 Å². The molecule has 0 unspecified atom stereocenters. The first kappa shape index (κ1) is 23.7. The van der Waals surface area contributed by atoms with Gasteiger partial charge in [-0.3, -0.25) is 0 Å². The van der Waals surface area contributed by atoms with E-state index in [-0.39, 0.29) is 24.8 Å². The Morgan fingerprint density at radius 1 is 1.06 bits per heavy atom. The van der Waals surface area contributed by atoms with Crippen molar-refractivity contribution in [3.05, 3.63) is 72.3 Å². The van der Waals surface area contributed by atoms with E-state index in [4.69, 9.17) is 26.5 Å². The van der Waals surface area contributed by atoms with Crippen molar-refractivity contribution < 1.29 is 9.15 Å². The number of furan rings is 1. The first-order chi connectivity index (χ1) is 14.7. The summed E-state index contributed by atoms with van der Waals surface area (Å²) >= 11 is 6.51. The molecule has 3 N–H and O–H groups in total. The highest BCUT2D eigenvalue weighted by Crippen LogP contribution is 2.36. The van der Waals surface area contributed by atoms with Gasteiger partial charge in [-0.2, -0.15) is 0 Å². The molecule has 5 rings (SSSR count). The van der Waals surface area contributed by atoms with Gasteiger partial charge >= 0.3 is 0 Å². The number of benzene rings is 2. The van der Waals surface area contributed by atoms with E-state index >= 15 is 0 Å². The molecule has 0 atom stereocenters. The number of hydrogen-bond acceptors (Lipinski definition) is 6. The average Bonchev–Trinajstić information content (AvgIpc) is 3.39. The first-order valence-electron chi connectivity index (χ1n) is 9.43. The maximum atomic E-state index is 6.51. The first-order valence-corrected chi connectivity index (χ1v) is 9.81. The highest BCUT2D eigenvalue weighted by atomic mass is 35.5. The normalized spacial score (nSPS) is 10.6. The minimum Gasteiger partial charge on any atom is -0.464 e. The van der Waals surface area contributed by atoms with E-state index in [1.54, 1.807) is 12.3 Å². The molecular weight excluding hydrogens is 473 g/mol. The van der Waals surface area contributed by atoms with E-state index in [0.717, 1.165) is 27.7 Å². The molecule has 7 nitrogen and oxygen atoms in total. The van der Waals surface area contributed by atoms with Gasteiger partial charge in [-0.05, 0) is 42.5 Å². The van der Waals surface area contributed by atoms with Gasteiger partial charge < -0.3 is 24.8 Å². The summed E-state index contributed by atoms with van der Waals surface area (Å²) < 4.78 is 13.5. The lowest BCUT2D eigenvalue weighted by Gasteiger charge is -2.12. The van der Waals surface area contributed by atoms with Gasteiger partial charge in [0.2, 0.25) is 0 Å². The SMILES string of the molecule is Cl.Cl.NCCn1ccc2ncnc(Nc3ccc(Oc4cccc5occc45)c(Cl)c3)c21. The topological polar surface area (TPSA) is 91.1 Å². The Labute approximate surface area is 201 Å². The molecule has 3 heterocycles. The van der Waals surface area contributed by atoms with Crippen molar-refractivity contribution in [2.75, 3.05) is 11.9 Å². The Morgan fingerprint density at radius 2 is 1.94 bits per heavy atom. The van der Waals surface area contributed by atoms with Crippen LogP contribution in [0.3, 0.4) is 0 Å². The van der Waals surface area contributed by atoms with Crippen LogP contribution in [0.1, 0.15) is 0 Å². The van der Waals surface area contributed by atoms with Crippen LogP contribution >= 0.6 is 36.4 Å². The smallest absolute Gasteiger partial charge is 0.158 e. The summed E-state index contributed by atoms with van der Waals surface area (Å²) in [7, 11) is 0. The number of nitrogens with one attached hydrogen (secondary N) is 1. The molecule has 32 heavy (non-hydrogen) atoms. The van der Waals surface area contributed by atoms with Crippen molar-refractivity contribution in [3.8, 4) is 11.5 Å². The summed E-state index contributed by atoms with van der Waals surface area (Å²) in [6.07, 6.45) is 5.12. The lowest BCUT2D eigenvalue weighted by Crippen LogP contribution is -2.10. The number of halogens is 3. The third-order valence-corrected chi connectivity index (χ3v) is 5.09. The molecule has 5 aromatic rings. The number of ether oxygens (including phenoxy) is 1. The number of aromatic nitrogens is 3. The molecule has 0 amide bonds. The zero-order valence-electron chi connectivity index (χ0n) is 16.7. The number of nitrogens with zero attached hydrogens (tertiary/aromatic N) is 3. The Balaban J connectivity index is 0.00000144. The lowest BCUT2D eigenvalue weighted by molar-refractivity contribution is 0.488. The molecule has 0 aliphatic carbocycles. The van der Waals surface area contributed by atoms with Crippen LogP contribution in [-0.2, 0) is 6.54 Å². The average molecular weight is 493 g/mol. The molecule has 10 heteroatoms. The van der Waals surface area contributed by atoms with Gasteiger partial charge in [0.1, 0.15) is 28.9 Å². The van der Waals surface area contributed by atoms with E-state index in [2.05, 4.69) is 15.3 Å². The zero-order valence-corrected chi connectivity index (χ0v) is 19.1. The molecule has 0 saturated carbocycles. The molecular formula is C22H20Cl3N5O2. The number of nitrogens with two attached hydrogens (primary N) is 1. The fourth-order valence-corrected chi connectivity index (χ4v) is 3.64. The maximum absolute atomic E-state index is 6.51. The van der Waals surface area contributed by atoms with E-state index in [9.17, 15) is 0 Å². The Kier molecular flexibility index (Phi) is 7.48. The highest BCUT2D eigenvalue weighted by molar-refractivity contribution is 6.32. The van der Waals surface area contributed by atoms with Crippen LogP contribution in [-0.4, -0.2) is 21.1 Å². The number of fused-ring (bicyclic) bond motifs is 2. The molecule has 0 spiro atoms. The standard InChI is InChI=1S/C22H18ClN5O2.2ClH/c23-16-12-14(27-22-21-17(25-13-26-22)6-9-28(21)10-8-24)4-5-20(16)30-19-3-1-2-18-15(19)7-11-29-18;;/h1-7,9,11-13H,8,10,24H2,(H,25,26,27);2*1H. The Hall–Kier alpha value is -2.97. The molecule has 0 radical (unpaired) electrons. The molecule has 0 aliphatic heterocycles. The minimum atomic E-state index is 0. The van der Waals surface area contributed by atoms with Gasteiger partial charge in [-0.15, -0.1) is 24.8 Å². The summed E-state index contributed by atoms with van der Waals surface area (Å²) in [5.41, 5.74) is 9.01. The van der Waals surface area contributed by atoms with E-state index in [0.29, 0.717) is 35.4 Å². The van der Waals surface area contributed by atoms with E-state index in [1.807, 2.05) is 53.2 Å². The number of hydrogen-bond donors (Lipinski definition) is 2. The molecule has 0 saturated heterocycles. The van der Waals surface area contributed by atoms with E-state index in [1.165, 1.54) is 6.33 Å².